The van der Waals surface area contributed by atoms with Crippen molar-refractivity contribution in [3.05, 3.63) is 41.5 Å². The minimum Gasteiger partial charge on any atom is -0.391 e. The van der Waals surface area contributed by atoms with E-state index in [4.69, 9.17) is 0 Å². The lowest BCUT2D eigenvalue weighted by atomic mass is 10.1. The molecule has 0 unspecified atom stereocenters. The Bertz CT molecular complexity index is 416. The van der Waals surface area contributed by atoms with Crippen molar-refractivity contribution in [2.75, 3.05) is 6.61 Å². The molecule has 0 aliphatic carbocycles. The van der Waals surface area contributed by atoms with E-state index in [1.165, 1.54) is 0 Å². The van der Waals surface area contributed by atoms with Crippen LogP contribution >= 0.6 is 0 Å². The van der Waals surface area contributed by atoms with Crippen LogP contribution in [-0.4, -0.2) is 19.8 Å². The van der Waals surface area contributed by atoms with Gasteiger partial charge in [0, 0.05) is 5.57 Å². The summed E-state index contributed by atoms with van der Waals surface area (Å²) in [5.41, 5.74) is 5.12. The lowest BCUT2D eigenvalue weighted by Gasteiger charge is -2.04. The average molecular weight is 230 g/mol. The first-order valence-corrected chi connectivity index (χ1v) is 8.91. The van der Waals surface area contributed by atoms with Crippen LogP contribution < -0.4 is 0 Å². The zero-order chi connectivity index (χ0) is 12.0. The second-order valence-electron chi connectivity index (χ2n) is 4.74. The molecule has 1 aromatic carbocycles. The van der Waals surface area contributed by atoms with Crippen LogP contribution in [0.1, 0.15) is 5.56 Å². The van der Waals surface area contributed by atoms with Crippen LogP contribution in [0.2, 0.25) is 19.6 Å². The summed E-state index contributed by atoms with van der Waals surface area (Å²) in [5, 5.41) is 9.23. The molecule has 0 fully saturated rings. The van der Waals surface area contributed by atoms with Gasteiger partial charge in [0.05, 0.1) is 6.61 Å². The summed E-state index contributed by atoms with van der Waals surface area (Å²) in [6.45, 7) is 6.58. The molecule has 1 nitrogen and oxygen atoms in total. The summed E-state index contributed by atoms with van der Waals surface area (Å²) in [7, 11) is -1.37. The minimum absolute atomic E-state index is 0.00632. The molecule has 2 heteroatoms. The van der Waals surface area contributed by atoms with Crippen LogP contribution in [0.15, 0.2) is 35.9 Å². The molecule has 0 amide bonds. The Morgan fingerprint density at radius 2 is 1.88 bits per heavy atom. The molecule has 0 atom stereocenters. The molecule has 0 saturated heterocycles. The van der Waals surface area contributed by atoms with E-state index in [2.05, 4.69) is 31.1 Å². The maximum absolute atomic E-state index is 9.23. The van der Waals surface area contributed by atoms with Gasteiger partial charge in [0.25, 0.3) is 0 Å². The lowest BCUT2D eigenvalue weighted by molar-refractivity contribution is 0.337. The van der Waals surface area contributed by atoms with Crippen molar-refractivity contribution in [1.82, 2.24) is 0 Å². The molecule has 0 saturated carbocycles. The zero-order valence-corrected chi connectivity index (χ0v) is 11.1. The van der Waals surface area contributed by atoms with E-state index in [-0.39, 0.29) is 6.61 Å². The van der Waals surface area contributed by atoms with Crippen LogP contribution in [0.5, 0.6) is 0 Å². The van der Waals surface area contributed by atoms with Crippen molar-refractivity contribution in [1.29, 1.82) is 0 Å². The third-order valence-electron chi connectivity index (χ3n) is 1.91. The molecular weight excluding hydrogens is 212 g/mol. The van der Waals surface area contributed by atoms with E-state index in [0.29, 0.717) is 0 Å². The average Bonchev–Trinajstić information content (AvgIpc) is 2.24. The Kier molecular flexibility index (Phi) is 4.54. The van der Waals surface area contributed by atoms with Gasteiger partial charge >= 0.3 is 0 Å². The number of aliphatic hydroxyl groups is 1. The van der Waals surface area contributed by atoms with Crippen molar-refractivity contribution in [2.24, 2.45) is 0 Å². The first-order chi connectivity index (χ1) is 7.51. The van der Waals surface area contributed by atoms with Gasteiger partial charge in [-0.25, -0.2) is 0 Å². The van der Waals surface area contributed by atoms with E-state index in [9.17, 15) is 5.11 Å². The van der Waals surface area contributed by atoms with E-state index in [0.717, 1.165) is 11.1 Å². The molecule has 0 bridgehead atoms. The second-order valence-corrected chi connectivity index (χ2v) is 9.49. The third kappa shape index (κ3) is 4.97. The first-order valence-electron chi connectivity index (χ1n) is 5.41. The van der Waals surface area contributed by atoms with Gasteiger partial charge in [-0.2, -0.15) is 0 Å². The largest absolute Gasteiger partial charge is 0.391 e. The van der Waals surface area contributed by atoms with Crippen molar-refractivity contribution in [3.63, 3.8) is 0 Å². The molecule has 0 spiro atoms. The van der Waals surface area contributed by atoms with Crippen molar-refractivity contribution < 1.29 is 5.11 Å². The second kappa shape index (κ2) is 5.69. The molecule has 16 heavy (non-hydrogen) atoms. The first kappa shape index (κ1) is 12.8. The van der Waals surface area contributed by atoms with E-state index >= 15 is 0 Å². The Balaban J connectivity index is 2.90. The summed E-state index contributed by atoms with van der Waals surface area (Å²) in [6, 6.07) is 9.95. The summed E-state index contributed by atoms with van der Waals surface area (Å²) in [6.07, 6.45) is 1.94. The van der Waals surface area contributed by atoms with E-state index in [1.807, 2.05) is 36.4 Å². The van der Waals surface area contributed by atoms with Crippen LogP contribution in [0.4, 0.5) is 0 Å². The fourth-order valence-corrected chi connectivity index (χ4v) is 1.68. The third-order valence-corrected chi connectivity index (χ3v) is 2.78. The Labute approximate surface area is 98.8 Å². The fraction of sp³-hybridized carbons (Fsp3) is 0.286. The highest BCUT2D eigenvalue weighted by Gasteiger charge is 2.07. The fourth-order valence-electron chi connectivity index (χ4n) is 1.14. The quantitative estimate of drug-likeness (QED) is 0.612. The normalized spacial score (nSPS) is 11.9. The molecule has 0 aliphatic rings. The van der Waals surface area contributed by atoms with Gasteiger partial charge in [-0.1, -0.05) is 55.9 Å². The number of hydrogen-bond donors (Lipinski definition) is 1. The molecule has 1 rings (SSSR count). The molecule has 1 aromatic rings. The number of benzene rings is 1. The molecule has 1 N–H and O–H groups in total. The molecule has 0 aromatic heterocycles. The summed E-state index contributed by atoms with van der Waals surface area (Å²) < 4.78 is 0. The Morgan fingerprint density at radius 3 is 2.38 bits per heavy atom. The Hall–Kier alpha value is -1.30. The number of aliphatic hydroxyl groups excluding tert-OH is 1. The van der Waals surface area contributed by atoms with Gasteiger partial charge in [-0.3, -0.25) is 0 Å². The van der Waals surface area contributed by atoms with E-state index < -0.39 is 8.07 Å². The van der Waals surface area contributed by atoms with Gasteiger partial charge in [0.15, 0.2) is 0 Å². The molecule has 0 aliphatic heterocycles. The predicted octanol–water partition coefficient (Wildman–Crippen LogP) is 2.94. The van der Waals surface area contributed by atoms with Crippen molar-refractivity contribution >= 4 is 14.1 Å². The standard InChI is InChI=1S/C14H18OSi/c1-16(2,3)10-9-14(12-15)11-13-7-5-4-6-8-13/h4-8,11,15H,12H2,1-3H3/b14-11+. The predicted molar refractivity (Wildman–Crippen MR) is 72.6 cm³/mol. The molecule has 0 radical (unpaired) electrons. The molecule has 84 valence electrons. The highest BCUT2D eigenvalue weighted by molar-refractivity contribution is 6.83. The van der Waals surface area contributed by atoms with Crippen LogP contribution in [0.25, 0.3) is 6.08 Å². The van der Waals surface area contributed by atoms with Gasteiger partial charge in [0.1, 0.15) is 8.07 Å². The smallest absolute Gasteiger partial charge is 0.129 e. The summed E-state index contributed by atoms with van der Waals surface area (Å²) in [4.78, 5) is 0. The SMILES string of the molecule is C[Si](C)(C)C#C/C(=C\c1ccccc1)CO. The van der Waals surface area contributed by atoms with Crippen molar-refractivity contribution in [2.45, 2.75) is 19.6 Å². The zero-order valence-electron chi connectivity index (χ0n) is 10.1. The highest BCUT2D eigenvalue weighted by atomic mass is 28.3. The minimum atomic E-state index is -1.37. The van der Waals surface area contributed by atoms with Gasteiger partial charge in [0.2, 0.25) is 0 Å². The monoisotopic (exact) mass is 230 g/mol. The van der Waals surface area contributed by atoms with Crippen LogP contribution in [0, 0.1) is 11.5 Å². The number of hydrogen-bond acceptors (Lipinski definition) is 1. The molecular formula is C14H18OSi. The van der Waals surface area contributed by atoms with Gasteiger partial charge < -0.3 is 5.11 Å². The van der Waals surface area contributed by atoms with Gasteiger partial charge in [-0.05, 0) is 11.6 Å². The topological polar surface area (TPSA) is 20.2 Å². The van der Waals surface area contributed by atoms with Gasteiger partial charge in [-0.15, -0.1) is 5.54 Å². The highest BCUT2D eigenvalue weighted by Crippen LogP contribution is 2.06. The van der Waals surface area contributed by atoms with Crippen LogP contribution in [0.3, 0.4) is 0 Å². The maximum atomic E-state index is 9.23. The maximum Gasteiger partial charge on any atom is 0.129 e. The van der Waals surface area contributed by atoms with Crippen LogP contribution in [-0.2, 0) is 0 Å². The summed E-state index contributed by atoms with van der Waals surface area (Å²) in [5.74, 6) is 3.08. The Morgan fingerprint density at radius 1 is 1.25 bits per heavy atom. The summed E-state index contributed by atoms with van der Waals surface area (Å²) >= 11 is 0. The lowest BCUT2D eigenvalue weighted by Crippen LogP contribution is -2.16. The molecule has 0 heterocycles. The van der Waals surface area contributed by atoms with Crippen molar-refractivity contribution in [3.8, 4) is 11.5 Å². The van der Waals surface area contributed by atoms with E-state index in [1.54, 1.807) is 0 Å². The number of rotatable bonds is 2.